The van der Waals surface area contributed by atoms with Crippen LogP contribution in [-0.2, 0) is 54.3 Å². The highest BCUT2D eigenvalue weighted by Crippen LogP contribution is 2.31. The van der Waals surface area contributed by atoms with Gasteiger partial charge in [-0.25, -0.2) is 4.79 Å². The van der Waals surface area contributed by atoms with E-state index in [0.717, 1.165) is 4.90 Å². The fraction of sp³-hybridized carbons (Fsp3) is 0.533. The van der Waals surface area contributed by atoms with Crippen molar-refractivity contribution in [2.45, 2.75) is 63.5 Å². The Morgan fingerprint density at radius 2 is 1.58 bits per heavy atom. The number of carboxylic acid groups (broad SMARTS) is 1. The number of carbonyl (C=O) groups excluding carboxylic acids is 5. The largest absolute Gasteiger partial charge is 0.479 e. The Balaban J connectivity index is 1.45. The Kier molecular flexibility index (Phi) is 14.9. The highest BCUT2D eigenvalue weighted by Gasteiger charge is 2.48. The van der Waals surface area contributed by atoms with Crippen LogP contribution < -0.4 is 15.4 Å². The number of ether oxygens (including phenoxy) is 5. The lowest BCUT2D eigenvalue weighted by molar-refractivity contribution is -0.271. The highest BCUT2D eigenvalue weighted by molar-refractivity contribution is 6.12. The molecule has 0 bridgehead atoms. The average molecular weight is 682 g/mol. The molecule has 48 heavy (non-hydrogen) atoms. The van der Waals surface area contributed by atoms with Crippen LogP contribution in [0.1, 0.15) is 31.7 Å². The highest BCUT2D eigenvalue weighted by atomic mass is 16.7. The monoisotopic (exact) mass is 681 g/mol. The van der Waals surface area contributed by atoms with Crippen molar-refractivity contribution < 1.29 is 72.9 Å². The van der Waals surface area contributed by atoms with Crippen molar-refractivity contribution >= 4 is 41.3 Å². The van der Waals surface area contributed by atoms with Gasteiger partial charge >= 0.3 is 11.9 Å². The van der Waals surface area contributed by atoms with Crippen LogP contribution in [0.25, 0.3) is 0 Å². The number of hydrogen-bond donors (Lipinski definition) is 6. The summed E-state index contributed by atoms with van der Waals surface area (Å²) in [6.07, 6.45) is -7.03. The molecule has 0 aromatic heterocycles. The molecule has 1 aromatic carbocycles. The van der Waals surface area contributed by atoms with E-state index in [1.54, 1.807) is 6.92 Å². The molecule has 1 fully saturated rings. The summed E-state index contributed by atoms with van der Waals surface area (Å²) in [7, 11) is 0. The second-order valence-electron chi connectivity index (χ2n) is 10.5. The van der Waals surface area contributed by atoms with Gasteiger partial charge in [-0.05, 0) is 17.7 Å². The van der Waals surface area contributed by atoms with E-state index in [1.807, 2.05) is 0 Å². The molecule has 6 N–H and O–H groups in total. The predicted octanol–water partition coefficient (Wildman–Crippen LogP) is -1.80. The number of benzene rings is 1. The Morgan fingerprint density at radius 1 is 0.896 bits per heavy atom. The van der Waals surface area contributed by atoms with Crippen LogP contribution in [0, 0.1) is 0 Å². The summed E-state index contributed by atoms with van der Waals surface area (Å²) in [5.74, 6) is -3.93. The van der Waals surface area contributed by atoms with E-state index in [1.165, 1.54) is 30.4 Å². The van der Waals surface area contributed by atoms with Crippen molar-refractivity contribution in [3.63, 3.8) is 0 Å². The second-order valence-corrected chi connectivity index (χ2v) is 10.5. The minimum absolute atomic E-state index is 0.00217. The lowest BCUT2D eigenvalue weighted by Gasteiger charge is -2.38. The summed E-state index contributed by atoms with van der Waals surface area (Å²) in [6.45, 7) is 2.13. The van der Waals surface area contributed by atoms with Crippen LogP contribution in [0.4, 0.5) is 5.69 Å². The van der Waals surface area contributed by atoms with Gasteiger partial charge in [-0.15, -0.1) is 0 Å². The molecular weight excluding hydrogens is 642 g/mol. The lowest BCUT2D eigenvalue weighted by atomic mass is 9.99. The Bertz CT molecular complexity index is 1330. The maximum atomic E-state index is 12.8. The standard InChI is InChI=1S/C30H39N3O15/c1-2-24(38)46-16-17-3-4-19(47-30-27(41)25(39)26(40)28(48-30)29(42)43)18(15-17)32-21(35)7-9-31-20(34)8-11-44-13-14-45-12-10-33-22(36)5-6-23(33)37/h3-6,15,25-28,30,39-41H,2,7-14,16H2,1H3,(H,31,34)(H,32,35)(H,42,43)/t25?,26-,27+,28-,30+/m0/s1. The number of nitrogens with zero attached hydrogens (tertiary/aromatic N) is 1. The molecule has 2 heterocycles. The Labute approximate surface area is 274 Å². The number of rotatable bonds is 19. The van der Waals surface area contributed by atoms with Crippen LogP contribution in [0.15, 0.2) is 30.4 Å². The molecule has 5 atom stereocenters. The number of hydrogen-bond acceptors (Lipinski definition) is 14. The van der Waals surface area contributed by atoms with Crippen molar-refractivity contribution in [3.05, 3.63) is 35.9 Å². The van der Waals surface area contributed by atoms with Crippen LogP contribution in [0.5, 0.6) is 5.75 Å². The molecule has 4 amide bonds. The smallest absolute Gasteiger partial charge is 0.335 e. The number of aliphatic hydroxyl groups excluding tert-OH is 3. The van der Waals surface area contributed by atoms with E-state index in [9.17, 15) is 49.2 Å². The van der Waals surface area contributed by atoms with Crippen molar-refractivity contribution in [1.29, 1.82) is 0 Å². The Morgan fingerprint density at radius 3 is 2.25 bits per heavy atom. The SMILES string of the molecule is CCC(=O)OCc1ccc(O[C@@H]2O[C@H](C(=O)O)[C@@H](O)C(O)[C@H]2O)c(NC(=O)CCNC(=O)CCOCCOCCN2C(=O)C=CC2=O)c1. The number of esters is 1. The number of aliphatic carboxylic acids is 1. The van der Waals surface area contributed by atoms with Crippen molar-refractivity contribution in [3.8, 4) is 5.75 Å². The summed E-state index contributed by atoms with van der Waals surface area (Å²) >= 11 is 0. The molecule has 0 saturated carbocycles. The van der Waals surface area contributed by atoms with E-state index in [2.05, 4.69) is 10.6 Å². The van der Waals surface area contributed by atoms with Gasteiger partial charge in [0.15, 0.2) is 6.10 Å². The van der Waals surface area contributed by atoms with Crippen LogP contribution in [0.2, 0.25) is 0 Å². The molecular formula is C30H39N3O15. The van der Waals surface area contributed by atoms with Gasteiger partial charge in [0.2, 0.25) is 18.1 Å². The van der Waals surface area contributed by atoms with Gasteiger partial charge in [0.1, 0.15) is 30.7 Å². The molecule has 0 spiro atoms. The normalized spacial score (nSPS) is 22.0. The van der Waals surface area contributed by atoms with E-state index >= 15 is 0 Å². The number of carbonyl (C=O) groups is 6. The summed E-state index contributed by atoms with van der Waals surface area (Å²) < 4.78 is 26.5. The number of imide groups is 1. The number of carboxylic acids is 1. The van der Waals surface area contributed by atoms with E-state index in [-0.39, 0.29) is 82.7 Å². The first-order valence-electron chi connectivity index (χ1n) is 15.0. The molecule has 18 nitrogen and oxygen atoms in total. The first kappa shape index (κ1) is 38.0. The Hall–Kier alpha value is -4.46. The van der Waals surface area contributed by atoms with E-state index < -0.39 is 60.4 Å². The number of aliphatic hydroxyl groups is 3. The minimum atomic E-state index is -1.93. The van der Waals surface area contributed by atoms with Crippen LogP contribution in [-0.4, -0.2) is 131 Å². The summed E-state index contributed by atoms with van der Waals surface area (Å²) in [5, 5.41) is 44.8. The maximum Gasteiger partial charge on any atom is 0.335 e. The van der Waals surface area contributed by atoms with Crippen molar-refractivity contribution in [1.82, 2.24) is 10.2 Å². The van der Waals surface area contributed by atoms with E-state index in [0.29, 0.717) is 5.56 Å². The number of amides is 4. The van der Waals surface area contributed by atoms with Crippen LogP contribution in [0.3, 0.4) is 0 Å². The van der Waals surface area contributed by atoms with Gasteiger partial charge in [-0.2, -0.15) is 0 Å². The summed E-state index contributed by atoms with van der Waals surface area (Å²) in [5.41, 5.74) is 0.460. The third-order valence-electron chi connectivity index (χ3n) is 6.94. The molecule has 1 aromatic rings. The fourth-order valence-corrected chi connectivity index (χ4v) is 4.32. The molecule has 1 unspecified atom stereocenters. The third kappa shape index (κ3) is 11.4. The first-order chi connectivity index (χ1) is 22.9. The third-order valence-corrected chi connectivity index (χ3v) is 6.94. The molecule has 18 heteroatoms. The molecule has 264 valence electrons. The second kappa shape index (κ2) is 18.8. The zero-order valence-corrected chi connectivity index (χ0v) is 26.1. The van der Waals surface area contributed by atoms with Crippen molar-refractivity contribution in [2.75, 3.05) is 44.8 Å². The van der Waals surface area contributed by atoms with Crippen LogP contribution >= 0.6 is 0 Å². The van der Waals surface area contributed by atoms with E-state index in [4.69, 9.17) is 23.7 Å². The van der Waals surface area contributed by atoms with Gasteiger partial charge in [0.05, 0.1) is 38.7 Å². The number of nitrogens with one attached hydrogen (secondary N) is 2. The average Bonchev–Trinajstić information content (AvgIpc) is 3.37. The summed E-state index contributed by atoms with van der Waals surface area (Å²) in [4.78, 5) is 71.9. The zero-order valence-electron chi connectivity index (χ0n) is 26.1. The first-order valence-corrected chi connectivity index (χ1v) is 15.0. The summed E-state index contributed by atoms with van der Waals surface area (Å²) in [6, 6.07) is 4.23. The molecule has 3 rings (SSSR count). The topological polar surface area (TPSA) is 257 Å². The van der Waals surface area contributed by atoms with Gasteiger partial charge in [-0.3, -0.25) is 28.9 Å². The lowest BCUT2D eigenvalue weighted by Crippen LogP contribution is -2.61. The minimum Gasteiger partial charge on any atom is -0.479 e. The molecule has 0 aliphatic carbocycles. The fourth-order valence-electron chi connectivity index (χ4n) is 4.32. The van der Waals surface area contributed by atoms with Gasteiger partial charge < -0.3 is 54.7 Å². The van der Waals surface area contributed by atoms with Gasteiger partial charge in [0.25, 0.3) is 11.8 Å². The molecule has 2 aliphatic rings. The molecule has 2 aliphatic heterocycles. The number of anilines is 1. The quantitative estimate of drug-likeness (QED) is 0.0535. The van der Waals surface area contributed by atoms with Crippen molar-refractivity contribution in [2.24, 2.45) is 0 Å². The molecule has 0 radical (unpaired) electrons. The van der Waals surface area contributed by atoms with Gasteiger partial charge in [0, 0.05) is 38.0 Å². The zero-order chi connectivity index (χ0) is 35.2. The van der Waals surface area contributed by atoms with Gasteiger partial charge in [-0.1, -0.05) is 13.0 Å². The maximum absolute atomic E-state index is 12.8. The predicted molar refractivity (Wildman–Crippen MR) is 160 cm³/mol. The molecule has 1 saturated heterocycles.